The average Bonchev–Trinajstić information content (AvgIpc) is 2.87. The Bertz CT molecular complexity index is 1240. The highest BCUT2D eigenvalue weighted by Gasteiger charge is 2.25. The highest BCUT2D eigenvalue weighted by molar-refractivity contribution is 9.10. The van der Waals surface area contributed by atoms with Crippen molar-refractivity contribution in [1.29, 1.82) is 0 Å². The molecule has 0 aliphatic carbocycles. The first-order valence-electron chi connectivity index (χ1n) is 11.6. The molecule has 3 heterocycles. The van der Waals surface area contributed by atoms with Gasteiger partial charge in [-0.15, -0.1) is 0 Å². The number of nitrogens with zero attached hydrogens (tertiary/aromatic N) is 4. The Hall–Kier alpha value is -2.78. The van der Waals surface area contributed by atoms with Crippen molar-refractivity contribution in [3.63, 3.8) is 0 Å². The lowest BCUT2D eigenvalue weighted by Crippen LogP contribution is -2.44. The number of halogens is 1. The molecule has 9 heteroatoms. The molecule has 8 nitrogen and oxygen atoms in total. The second-order valence-corrected chi connectivity index (χ2v) is 9.59. The number of hydrogen-bond acceptors (Lipinski definition) is 7. The minimum absolute atomic E-state index is 0.0844. The van der Waals surface area contributed by atoms with Gasteiger partial charge in [-0.05, 0) is 40.9 Å². The van der Waals surface area contributed by atoms with Gasteiger partial charge in [0.05, 0.1) is 30.0 Å². The van der Waals surface area contributed by atoms with Crippen molar-refractivity contribution in [2.75, 3.05) is 51.9 Å². The number of aromatic nitrogens is 2. The van der Waals surface area contributed by atoms with Crippen molar-refractivity contribution >= 4 is 32.7 Å². The zero-order chi connectivity index (χ0) is 23.7. The van der Waals surface area contributed by atoms with Crippen molar-refractivity contribution in [3.8, 4) is 17.2 Å². The fourth-order valence-corrected chi connectivity index (χ4v) is 5.39. The van der Waals surface area contributed by atoms with Crippen LogP contribution in [0, 0.1) is 0 Å². The van der Waals surface area contributed by atoms with E-state index in [1.165, 1.54) is 6.20 Å². The summed E-state index contributed by atoms with van der Waals surface area (Å²) >= 11 is 3.71. The number of piperidine rings is 1. The van der Waals surface area contributed by atoms with E-state index in [1.807, 2.05) is 24.3 Å². The Morgan fingerprint density at radius 2 is 1.85 bits per heavy atom. The monoisotopic (exact) mass is 528 g/mol. The number of rotatable bonds is 6. The van der Waals surface area contributed by atoms with E-state index in [0.717, 1.165) is 70.9 Å². The van der Waals surface area contributed by atoms with E-state index in [0.29, 0.717) is 25.8 Å². The minimum Gasteiger partial charge on any atom is -0.497 e. The molecular formula is C25H29BrN4O4. The number of fused-ring (bicyclic) bond motifs is 2. The van der Waals surface area contributed by atoms with Crippen LogP contribution in [0.25, 0.3) is 11.0 Å². The van der Waals surface area contributed by atoms with E-state index in [-0.39, 0.29) is 5.56 Å². The summed E-state index contributed by atoms with van der Waals surface area (Å²) in [5, 5.41) is 0. The van der Waals surface area contributed by atoms with Crippen LogP contribution in [-0.2, 0) is 6.54 Å². The Morgan fingerprint density at radius 1 is 1.12 bits per heavy atom. The maximum absolute atomic E-state index is 12.5. The zero-order valence-corrected chi connectivity index (χ0v) is 21.1. The molecule has 2 aromatic carbocycles. The zero-order valence-electron chi connectivity index (χ0n) is 19.5. The molecule has 0 saturated carbocycles. The predicted molar refractivity (Wildman–Crippen MR) is 136 cm³/mol. The number of hydrogen-bond donors (Lipinski definition) is 0. The molecule has 0 bridgehead atoms. The number of benzene rings is 2. The van der Waals surface area contributed by atoms with Crippen LogP contribution in [0.5, 0.6) is 17.2 Å². The largest absolute Gasteiger partial charge is 0.497 e. The Labute approximate surface area is 207 Å². The van der Waals surface area contributed by atoms with Crippen molar-refractivity contribution in [3.05, 3.63) is 51.4 Å². The van der Waals surface area contributed by atoms with Crippen LogP contribution in [0.4, 0.5) is 5.69 Å². The van der Waals surface area contributed by atoms with Gasteiger partial charge in [0, 0.05) is 61.9 Å². The number of likely N-dealkylation sites (tertiary alicyclic amines) is 1. The molecule has 1 fully saturated rings. The molecule has 2 aliphatic heterocycles. The van der Waals surface area contributed by atoms with Crippen molar-refractivity contribution in [2.45, 2.75) is 25.4 Å². The van der Waals surface area contributed by atoms with Gasteiger partial charge < -0.3 is 28.6 Å². The summed E-state index contributed by atoms with van der Waals surface area (Å²) in [4.78, 5) is 21.6. The van der Waals surface area contributed by atoms with E-state index < -0.39 is 0 Å². The molecule has 5 rings (SSSR count). The van der Waals surface area contributed by atoms with E-state index in [9.17, 15) is 4.79 Å². The summed E-state index contributed by atoms with van der Waals surface area (Å²) in [6.07, 6.45) is 3.51. The standard InChI is InChI=1S/C25H29BrN4O4/c1-28(21-15-24-23(14-19(21)26)33-11-12-34-24)17-5-7-29(8-6-17)9-10-30-22-13-18(32-2)3-4-20(22)27-16-25(30)31/h3-4,13-17H,5-12H2,1-2H3. The van der Waals surface area contributed by atoms with Crippen LogP contribution in [0.1, 0.15) is 12.8 Å². The fourth-order valence-electron chi connectivity index (χ4n) is 4.79. The van der Waals surface area contributed by atoms with Gasteiger partial charge in [0.25, 0.3) is 5.56 Å². The van der Waals surface area contributed by atoms with Crippen LogP contribution in [0.2, 0.25) is 0 Å². The lowest BCUT2D eigenvalue weighted by molar-refractivity contribution is 0.171. The molecule has 2 aliphatic rings. The third-order valence-corrected chi connectivity index (χ3v) is 7.42. The highest BCUT2D eigenvalue weighted by Crippen LogP contribution is 2.40. The molecule has 0 atom stereocenters. The molecule has 3 aromatic rings. The van der Waals surface area contributed by atoms with Gasteiger partial charge in [0.15, 0.2) is 11.5 Å². The summed E-state index contributed by atoms with van der Waals surface area (Å²) in [6.45, 7) is 4.58. The maximum Gasteiger partial charge on any atom is 0.269 e. The average molecular weight is 529 g/mol. The lowest BCUT2D eigenvalue weighted by Gasteiger charge is -2.38. The molecule has 1 aromatic heterocycles. The third kappa shape index (κ3) is 4.59. The smallest absolute Gasteiger partial charge is 0.269 e. The maximum atomic E-state index is 12.5. The first kappa shape index (κ1) is 23.0. The van der Waals surface area contributed by atoms with Gasteiger partial charge in [0.1, 0.15) is 19.0 Å². The fraction of sp³-hybridized carbons (Fsp3) is 0.440. The Kier molecular flexibility index (Phi) is 6.65. The minimum atomic E-state index is -0.0844. The summed E-state index contributed by atoms with van der Waals surface area (Å²) in [7, 11) is 3.78. The van der Waals surface area contributed by atoms with Gasteiger partial charge in [-0.25, -0.2) is 4.98 Å². The third-order valence-electron chi connectivity index (χ3n) is 6.79. The predicted octanol–water partition coefficient (Wildman–Crippen LogP) is 3.54. The van der Waals surface area contributed by atoms with Gasteiger partial charge in [-0.3, -0.25) is 4.79 Å². The van der Waals surface area contributed by atoms with Crippen LogP contribution in [0.3, 0.4) is 0 Å². The van der Waals surface area contributed by atoms with Gasteiger partial charge in [0.2, 0.25) is 0 Å². The first-order chi connectivity index (χ1) is 16.5. The van der Waals surface area contributed by atoms with Crippen LogP contribution < -0.4 is 24.7 Å². The van der Waals surface area contributed by atoms with Crippen LogP contribution in [0.15, 0.2) is 45.8 Å². The topological polar surface area (TPSA) is 69.1 Å². The molecule has 180 valence electrons. The van der Waals surface area contributed by atoms with E-state index in [4.69, 9.17) is 14.2 Å². The molecule has 0 spiro atoms. The molecule has 1 saturated heterocycles. The Morgan fingerprint density at radius 3 is 2.59 bits per heavy atom. The molecule has 0 unspecified atom stereocenters. The molecular weight excluding hydrogens is 500 g/mol. The van der Waals surface area contributed by atoms with E-state index in [2.05, 4.69) is 43.8 Å². The summed E-state index contributed by atoms with van der Waals surface area (Å²) in [5.41, 5.74) is 2.64. The van der Waals surface area contributed by atoms with E-state index >= 15 is 0 Å². The van der Waals surface area contributed by atoms with Gasteiger partial charge >= 0.3 is 0 Å². The van der Waals surface area contributed by atoms with Crippen LogP contribution >= 0.6 is 15.9 Å². The summed E-state index contributed by atoms with van der Waals surface area (Å²) < 4.78 is 19.6. The Balaban J connectivity index is 1.23. The number of ether oxygens (including phenoxy) is 3. The van der Waals surface area contributed by atoms with Crippen molar-refractivity contribution in [2.24, 2.45) is 0 Å². The van der Waals surface area contributed by atoms with Gasteiger partial charge in [-0.2, -0.15) is 0 Å². The molecule has 0 N–H and O–H groups in total. The summed E-state index contributed by atoms with van der Waals surface area (Å²) in [5.74, 6) is 2.32. The number of anilines is 1. The number of methoxy groups -OCH3 is 1. The SMILES string of the molecule is COc1ccc2ncc(=O)n(CCN3CCC(N(C)c4cc5c(cc4Br)OCCO5)CC3)c2c1. The van der Waals surface area contributed by atoms with Crippen molar-refractivity contribution in [1.82, 2.24) is 14.5 Å². The molecule has 34 heavy (non-hydrogen) atoms. The highest BCUT2D eigenvalue weighted by atomic mass is 79.9. The lowest BCUT2D eigenvalue weighted by atomic mass is 10.0. The normalized spacial score (nSPS) is 16.6. The summed E-state index contributed by atoms with van der Waals surface area (Å²) in [6, 6.07) is 10.1. The van der Waals surface area contributed by atoms with Gasteiger partial charge in [-0.1, -0.05) is 0 Å². The van der Waals surface area contributed by atoms with Crippen molar-refractivity contribution < 1.29 is 14.2 Å². The second-order valence-electron chi connectivity index (χ2n) is 8.73. The van der Waals surface area contributed by atoms with Crippen LogP contribution in [-0.4, -0.2) is 67.5 Å². The quantitative estimate of drug-likeness (QED) is 0.484. The second kappa shape index (κ2) is 9.84. The molecule has 0 radical (unpaired) electrons. The van der Waals surface area contributed by atoms with E-state index in [1.54, 1.807) is 11.7 Å². The molecule has 0 amide bonds. The first-order valence-corrected chi connectivity index (χ1v) is 12.4.